The first-order valence-electron chi connectivity index (χ1n) is 9.21. The lowest BCUT2D eigenvalue weighted by molar-refractivity contribution is -0.130. The lowest BCUT2D eigenvalue weighted by Gasteiger charge is -2.19. The van der Waals surface area contributed by atoms with Crippen LogP contribution in [0.5, 0.6) is 0 Å². The number of carbonyl (C=O) groups excluding carboxylic acids is 2. The average Bonchev–Trinajstić information content (AvgIpc) is 3.42. The van der Waals surface area contributed by atoms with Crippen molar-refractivity contribution >= 4 is 22.8 Å². The lowest BCUT2D eigenvalue weighted by Crippen LogP contribution is -2.33. The highest BCUT2D eigenvalue weighted by molar-refractivity contribution is 5.91. The summed E-state index contributed by atoms with van der Waals surface area (Å²) in [6.07, 6.45) is 3.57. The van der Waals surface area contributed by atoms with Crippen LogP contribution in [0.15, 0.2) is 47.1 Å². The zero-order valence-electron chi connectivity index (χ0n) is 15.2. The summed E-state index contributed by atoms with van der Waals surface area (Å²) in [5, 5.41) is 2.90. The van der Waals surface area contributed by atoms with Crippen molar-refractivity contribution in [1.29, 1.82) is 0 Å². The van der Waals surface area contributed by atoms with Gasteiger partial charge in [-0.05, 0) is 44.0 Å². The Hall–Kier alpha value is -3.09. The molecule has 1 fully saturated rings. The van der Waals surface area contributed by atoms with E-state index in [1.165, 1.54) is 6.26 Å². The van der Waals surface area contributed by atoms with Crippen molar-refractivity contribution < 1.29 is 14.0 Å². The molecule has 1 aliphatic heterocycles. The van der Waals surface area contributed by atoms with Crippen LogP contribution >= 0.6 is 0 Å². The molecule has 0 radical (unpaired) electrons. The number of nitrogens with one attached hydrogen (secondary N) is 1. The van der Waals surface area contributed by atoms with Crippen LogP contribution in [0, 0.1) is 0 Å². The first-order chi connectivity index (χ1) is 13.1. The number of benzene rings is 1. The fraction of sp³-hybridized carbons (Fsp3) is 0.350. The Bertz CT molecular complexity index is 955. The van der Waals surface area contributed by atoms with Gasteiger partial charge in [-0.2, -0.15) is 0 Å². The van der Waals surface area contributed by atoms with Crippen LogP contribution in [0.4, 0.5) is 0 Å². The minimum absolute atomic E-state index is 0.0847. The summed E-state index contributed by atoms with van der Waals surface area (Å²) in [7, 11) is 0. The van der Waals surface area contributed by atoms with Crippen molar-refractivity contribution in [3.8, 4) is 0 Å². The van der Waals surface area contributed by atoms with Gasteiger partial charge in [0.2, 0.25) is 5.91 Å². The molecule has 0 aliphatic carbocycles. The molecule has 7 heteroatoms. The van der Waals surface area contributed by atoms with Gasteiger partial charge in [0, 0.05) is 13.1 Å². The molecule has 0 bridgehead atoms. The number of rotatable bonds is 5. The third-order valence-corrected chi connectivity index (χ3v) is 4.92. The quantitative estimate of drug-likeness (QED) is 0.753. The second-order valence-corrected chi connectivity index (χ2v) is 6.81. The minimum Gasteiger partial charge on any atom is -0.459 e. The molecule has 4 rings (SSSR count). The van der Waals surface area contributed by atoms with Gasteiger partial charge in [0.15, 0.2) is 5.76 Å². The molecule has 0 saturated carbocycles. The summed E-state index contributed by atoms with van der Waals surface area (Å²) < 4.78 is 7.06. The van der Waals surface area contributed by atoms with Crippen molar-refractivity contribution in [2.24, 2.45) is 0 Å². The fourth-order valence-corrected chi connectivity index (χ4v) is 3.53. The standard InChI is InChI=1S/C20H22N4O3/c1-14(21-20(26)17-9-6-12-27-17)19-22-15-7-2-3-8-16(15)24(19)13-18(25)23-10-4-5-11-23/h2-3,6-9,12,14H,4-5,10-11,13H2,1H3,(H,21,26)/t14-/m1/s1. The Kier molecular flexibility index (Phi) is 4.66. The van der Waals surface area contributed by atoms with E-state index in [4.69, 9.17) is 4.42 Å². The predicted octanol–water partition coefficient (Wildman–Crippen LogP) is 2.74. The Balaban J connectivity index is 1.62. The van der Waals surface area contributed by atoms with Crippen LogP contribution in [-0.4, -0.2) is 39.4 Å². The van der Waals surface area contributed by atoms with E-state index in [0.717, 1.165) is 37.0 Å². The van der Waals surface area contributed by atoms with Crippen LogP contribution in [0.2, 0.25) is 0 Å². The molecular formula is C20H22N4O3. The Morgan fingerprint density at radius 3 is 2.70 bits per heavy atom. The smallest absolute Gasteiger partial charge is 0.287 e. The average molecular weight is 366 g/mol. The number of fused-ring (bicyclic) bond motifs is 1. The van der Waals surface area contributed by atoms with E-state index in [9.17, 15) is 9.59 Å². The SMILES string of the molecule is C[C@@H](NC(=O)c1ccco1)c1nc2ccccc2n1CC(=O)N1CCCC1. The van der Waals surface area contributed by atoms with Crippen molar-refractivity contribution in [3.05, 3.63) is 54.2 Å². The number of hydrogen-bond donors (Lipinski definition) is 1. The first kappa shape index (κ1) is 17.3. The number of hydrogen-bond acceptors (Lipinski definition) is 4. The number of aromatic nitrogens is 2. The van der Waals surface area contributed by atoms with Gasteiger partial charge in [-0.1, -0.05) is 12.1 Å². The Labute approximate surface area is 157 Å². The molecule has 1 saturated heterocycles. The predicted molar refractivity (Wildman–Crippen MR) is 100 cm³/mol. The fourth-order valence-electron chi connectivity index (χ4n) is 3.53. The highest BCUT2D eigenvalue weighted by Crippen LogP contribution is 2.22. The zero-order valence-corrected chi connectivity index (χ0v) is 15.2. The van der Waals surface area contributed by atoms with Crippen molar-refractivity contribution in [1.82, 2.24) is 19.8 Å². The maximum absolute atomic E-state index is 12.7. The van der Waals surface area contributed by atoms with E-state index in [-0.39, 0.29) is 30.2 Å². The Morgan fingerprint density at radius 2 is 1.96 bits per heavy atom. The van der Waals surface area contributed by atoms with Gasteiger partial charge in [-0.15, -0.1) is 0 Å². The second kappa shape index (κ2) is 7.26. The number of furan rings is 1. The summed E-state index contributed by atoms with van der Waals surface area (Å²) in [6, 6.07) is 10.6. The minimum atomic E-state index is -0.374. The molecule has 1 aliphatic rings. The van der Waals surface area contributed by atoms with Gasteiger partial charge in [-0.25, -0.2) is 4.98 Å². The molecule has 0 unspecified atom stereocenters. The maximum atomic E-state index is 12.7. The van der Waals surface area contributed by atoms with Crippen molar-refractivity contribution in [2.75, 3.05) is 13.1 Å². The molecule has 27 heavy (non-hydrogen) atoms. The van der Waals surface area contributed by atoms with Crippen LogP contribution in [0.25, 0.3) is 11.0 Å². The molecule has 2 aromatic heterocycles. The Morgan fingerprint density at radius 1 is 1.19 bits per heavy atom. The van der Waals surface area contributed by atoms with Crippen LogP contribution in [0.1, 0.15) is 42.2 Å². The topological polar surface area (TPSA) is 80.4 Å². The van der Waals surface area contributed by atoms with Gasteiger partial charge in [0.25, 0.3) is 5.91 Å². The van der Waals surface area contributed by atoms with Crippen molar-refractivity contribution in [3.63, 3.8) is 0 Å². The van der Waals surface area contributed by atoms with Gasteiger partial charge in [0.1, 0.15) is 12.4 Å². The molecule has 1 aromatic carbocycles. The normalized spacial score (nSPS) is 15.2. The summed E-state index contributed by atoms with van der Waals surface area (Å²) in [6.45, 7) is 3.70. The summed E-state index contributed by atoms with van der Waals surface area (Å²) in [4.78, 5) is 31.6. The van der Waals surface area contributed by atoms with Crippen LogP contribution < -0.4 is 5.32 Å². The molecule has 2 amide bonds. The van der Waals surface area contributed by atoms with Crippen LogP contribution in [0.3, 0.4) is 0 Å². The molecule has 140 valence electrons. The second-order valence-electron chi connectivity index (χ2n) is 6.81. The monoisotopic (exact) mass is 366 g/mol. The van der Waals surface area contributed by atoms with Gasteiger partial charge < -0.3 is 19.2 Å². The largest absolute Gasteiger partial charge is 0.459 e. The van der Waals surface area contributed by atoms with E-state index in [1.807, 2.05) is 40.7 Å². The van der Waals surface area contributed by atoms with Gasteiger partial charge in [0.05, 0.1) is 23.3 Å². The number of imidazole rings is 1. The van der Waals surface area contributed by atoms with E-state index >= 15 is 0 Å². The van der Waals surface area contributed by atoms with E-state index in [2.05, 4.69) is 10.3 Å². The number of carbonyl (C=O) groups is 2. The summed E-state index contributed by atoms with van der Waals surface area (Å²) in [5.41, 5.74) is 1.69. The van der Waals surface area contributed by atoms with Gasteiger partial charge in [-0.3, -0.25) is 9.59 Å². The molecule has 1 atom stereocenters. The number of nitrogens with zero attached hydrogens (tertiary/aromatic N) is 3. The van der Waals surface area contributed by atoms with Crippen LogP contribution in [-0.2, 0) is 11.3 Å². The van der Waals surface area contributed by atoms with Gasteiger partial charge >= 0.3 is 0 Å². The molecular weight excluding hydrogens is 344 g/mol. The summed E-state index contributed by atoms with van der Waals surface area (Å²) >= 11 is 0. The zero-order chi connectivity index (χ0) is 18.8. The molecule has 1 N–H and O–H groups in total. The third kappa shape index (κ3) is 3.45. The highest BCUT2D eigenvalue weighted by Gasteiger charge is 2.24. The molecule has 3 aromatic rings. The lowest BCUT2D eigenvalue weighted by atomic mass is 10.3. The number of para-hydroxylation sites is 2. The third-order valence-electron chi connectivity index (χ3n) is 4.92. The number of likely N-dealkylation sites (tertiary alicyclic amines) is 1. The van der Waals surface area contributed by atoms with Crippen molar-refractivity contribution in [2.45, 2.75) is 32.4 Å². The molecule has 7 nitrogen and oxygen atoms in total. The number of amides is 2. The summed E-state index contributed by atoms with van der Waals surface area (Å²) in [5.74, 6) is 0.680. The van der Waals surface area contributed by atoms with E-state index in [0.29, 0.717) is 5.82 Å². The molecule has 0 spiro atoms. The first-order valence-corrected chi connectivity index (χ1v) is 9.21. The molecule has 3 heterocycles. The maximum Gasteiger partial charge on any atom is 0.287 e. The highest BCUT2D eigenvalue weighted by atomic mass is 16.3. The van der Waals surface area contributed by atoms with E-state index < -0.39 is 0 Å². The van der Waals surface area contributed by atoms with E-state index in [1.54, 1.807) is 12.1 Å².